The second kappa shape index (κ2) is 4.30. The molecule has 90 valence electrons. The number of anilines is 1. The summed E-state index contributed by atoms with van der Waals surface area (Å²) in [6.07, 6.45) is 5.36. The number of rotatable bonds is 2. The maximum Gasteiger partial charge on any atom is 0.169 e. The summed E-state index contributed by atoms with van der Waals surface area (Å²) in [5, 5.41) is 3.67. The Balaban J connectivity index is 2.04. The smallest absolute Gasteiger partial charge is 0.169 e. The van der Waals surface area contributed by atoms with Crippen LogP contribution in [0.5, 0.6) is 0 Å². The van der Waals surface area contributed by atoms with E-state index >= 15 is 0 Å². The summed E-state index contributed by atoms with van der Waals surface area (Å²) < 4.78 is 7.98. The minimum atomic E-state index is 0.375. The number of hydrogen-bond donors (Lipinski definition) is 1. The fraction of sp³-hybridized carbons (Fsp3) is 0. The Morgan fingerprint density at radius 2 is 2.17 bits per heavy atom. The van der Waals surface area contributed by atoms with Gasteiger partial charge in [0.2, 0.25) is 0 Å². The van der Waals surface area contributed by atoms with E-state index in [4.69, 9.17) is 10.3 Å². The van der Waals surface area contributed by atoms with Gasteiger partial charge in [0.1, 0.15) is 0 Å². The van der Waals surface area contributed by atoms with Crippen LogP contribution in [0.1, 0.15) is 0 Å². The normalized spacial score (nSPS) is 10.7. The van der Waals surface area contributed by atoms with E-state index in [0.717, 1.165) is 15.7 Å². The summed E-state index contributed by atoms with van der Waals surface area (Å²) in [6.45, 7) is 0. The van der Waals surface area contributed by atoms with E-state index < -0.39 is 0 Å². The Kier molecular flexibility index (Phi) is 2.64. The molecule has 2 heterocycles. The van der Waals surface area contributed by atoms with Gasteiger partial charge in [-0.05, 0) is 34.1 Å². The number of nitrogens with zero attached hydrogens (tertiary/aromatic N) is 3. The van der Waals surface area contributed by atoms with Crippen molar-refractivity contribution in [2.75, 3.05) is 5.73 Å². The maximum absolute atomic E-state index is 5.53. The molecule has 0 atom stereocenters. The highest BCUT2D eigenvalue weighted by atomic mass is 79.9. The lowest BCUT2D eigenvalue weighted by Gasteiger charge is -2.06. The Hall–Kier alpha value is -2.08. The summed E-state index contributed by atoms with van der Waals surface area (Å²) >= 11 is 3.53. The van der Waals surface area contributed by atoms with Crippen molar-refractivity contribution in [3.63, 3.8) is 0 Å². The van der Waals surface area contributed by atoms with Gasteiger partial charge in [-0.15, -0.1) is 0 Å². The van der Waals surface area contributed by atoms with Crippen LogP contribution in [0.15, 0.2) is 52.0 Å². The molecule has 0 fully saturated rings. The summed E-state index contributed by atoms with van der Waals surface area (Å²) in [4.78, 5) is 4.02. The average molecular weight is 305 g/mol. The first-order valence-electron chi connectivity index (χ1n) is 5.24. The van der Waals surface area contributed by atoms with Crippen molar-refractivity contribution >= 4 is 21.7 Å². The quantitative estimate of drug-likeness (QED) is 0.790. The topological polar surface area (TPSA) is 69.9 Å². The van der Waals surface area contributed by atoms with E-state index in [0.29, 0.717) is 11.6 Å². The molecule has 6 heteroatoms. The highest BCUT2D eigenvalue weighted by molar-refractivity contribution is 9.10. The standard InChI is InChI=1S/C12H9BrN4O/c13-9-5-8(11-6-12(14)16-18-11)1-2-10(9)17-4-3-15-7-17/h1-7H,(H2,14,16). The van der Waals surface area contributed by atoms with Crippen LogP contribution < -0.4 is 5.73 Å². The van der Waals surface area contributed by atoms with Gasteiger partial charge >= 0.3 is 0 Å². The summed E-state index contributed by atoms with van der Waals surface area (Å²) in [7, 11) is 0. The molecule has 0 amide bonds. The van der Waals surface area contributed by atoms with Crippen LogP contribution in [-0.2, 0) is 0 Å². The molecule has 0 aliphatic heterocycles. The fourth-order valence-corrected chi connectivity index (χ4v) is 2.28. The molecule has 5 nitrogen and oxygen atoms in total. The first kappa shape index (κ1) is 11.0. The lowest BCUT2D eigenvalue weighted by atomic mass is 10.1. The SMILES string of the molecule is Nc1cc(-c2ccc(-n3ccnc3)c(Br)c2)on1. The fourth-order valence-electron chi connectivity index (χ4n) is 1.70. The van der Waals surface area contributed by atoms with E-state index in [9.17, 15) is 0 Å². The highest BCUT2D eigenvalue weighted by Gasteiger charge is 2.08. The van der Waals surface area contributed by atoms with Crippen molar-refractivity contribution in [1.29, 1.82) is 0 Å². The lowest BCUT2D eigenvalue weighted by molar-refractivity contribution is 0.436. The second-order valence-corrected chi connectivity index (χ2v) is 4.61. The van der Waals surface area contributed by atoms with Gasteiger partial charge < -0.3 is 14.8 Å². The Morgan fingerprint density at radius 3 is 2.78 bits per heavy atom. The van der Waals surface area contributed by atoms with Gasteiger partial charge in [-0.2, -0.15) is 0 Å². The van der Waals surface area contributed by atoms with Crippen LogP contribution in [0.3, 0.4) is 0 Å². The number of halogens is 1. The molecule has 0 aliphatic rings. The molecule has 18 heavy (non-hydrogen) atoms. The molecular weight excluding hydrogens is 296 g/mol. The number of aromatic nitrogens is 3. The van der Waals surface area contributed by atoms with Gasteiger partial charge in [0, 0.05) is 28.5 Å². The number of nitrogen functional groups attached to an aromatic ring is 1. The molecule has 0 saturated heterocycles. The van der Waals surface area contributed by atoms with Crippen molar-refractivity contribution in [2.45, 2.75) is 0 Å². The Bertz CT molecular complexity index is 675. The largest absolute Gasteiger partial charge is 0.381 e. The van der Waals surface area contributed by atoms with Crippen LogP contribution in [-0.4, -0.2) is 14.7 Å². The minimum Gasteiger partial charge on any atom is -0.381 e. The molecule has 3 aromatic rings. The van der Waals surface area contributed by atoms with Gasteiger partial charge in [0.25, 0.3) is 0 Å². The number of imidazole rings is 1. The van der Waals surface area contributed by atoms with Crippen molar-refractivity contribution in [2.24, 2.45) is 0 Å². The summed E-state index contributed by atoms with van der Waals surface area (Å²) in [5.41, 5.74) is 7.45. The molecule has 2 N–H and O–H groups in total. The van der Waals surface area contributed by atoms with Gasteiger partial charge in [0.05, 0.1) is 12.0 Å². The Morgan fingerprint density at radius 1 is 1.28 bits per heavy atom. The minimum absolute atomic E-state index is 0.375. The van der Waals surface area contributed by atoms with Gasteiger partial charge in [-0.3, -0.25) is 0 Å². The molecule has 0 aliphatic carbocycles. The van der Waals surface area contributed by atoms with Crippen LogP contribution in [0.25, 0.3) is 17.0 Å². The molecule has 0 bridgehead atoms. The van der Waals surface area contributed by atoms with Crippen molar-refractivity contribution in [3.05, 3.63) is 47.5 Å². The third kappa shape index (κ3) is 1.91. The van der Waals surface area contributed by atoms with Gasteiger partial charge in [0.15, 0.2) is 11.6 Å². The van der Waals surface area contributed by atoms with Crippen LogP contribution in [0, 0.1) is 0 Å². The predicted molar refractivity (Wildman–Crippen MR) is 71.2 cm³/mol. The molecule has 0 spiro atoms. The molecule has 2 aromatic heterocycles. The van der Waals surface area contributed by atoms with E-state index in [-0.39, 0.29) is 0 Å². The zero-order valence-corrected chi connectivity index (χ0v) is 10.8. The lowest BCUT2D eigenvalue weighted by Crippen LogP contribution is -1.91. The van der Waals surface area contributed by atoms with Gasteiger partial charge in [-0.25, -0.2) is 4.98 Å². The average Bonchev–Trinajstić information content (AvgIpc) is 2.99. The van der Waals surface area contributed by atoms with E-state index in [1.165, 1.54) is 0 Å². The highest BCUT2D eigenvalue weighted by Crippen LogP contribution is 2.28. The first-order chi connectivity index (χ1) is 8.74. The Labute approximate surface area is 111 Å². The van der Waals surface area contributed by atoms with Crippen molar-refractivity contribution in [3.8, 4) is 17.0 Å². The maximum atomic E-state index is 5.53. The third-order valence-electron chi connectivity index (χ3n) is 2.54. The predicted octanol–water partition coefficient (Wildman–Crippen LogP) is 2.87. The molecule has 0 saturated carbocycles. The molecule has 3 rings (SSSR count). The van der Waals surface area contributed by atoms with Crippen LogP contribution in [0.2, 0.25) is 0 Å². The monoisotopic (exact) mass is 304 g/mol. The zero-order chi connectivity index (χ0) is 12.5. The molecule has 1 aromatic carbocycles. The molecule has 0 radical (unpaired) electrons. The van der Waals surface area contributed by atoms with Crippen LogP contribution >= 0.6 is 15.9 Å². The first-order valence-corrected chi connectivity index (χ1v) is 6.04. The summed E-state index contributed by atoms with van der Waals surface area (Å²) in [6, 6.07) is 7.56. The number of hydrogen-bond acceptors (Lipinski definition) is 4. The third-order valence-corrected chi connectivity index (χ3v) is 3.18. The van der Waals surface area contributed by atoms with Crippen molar-refractivity contribution in [1.82, 2.24) is 14.7 Å². The zero-order valence-electron chi connectivity index (χ0n) is 9.25. The van der Waals surface area contributed by atoms with E-state index in [1.54, 1.807) is 18.6 Å². The van der Waals surface area contributed by atoms with E-state index in [1.807, 2.05) is 29.0 Å². The van der Waals surface area contributed by atoms with Crippen LogP contribution in [0.4, 0.5) is 5.82 Å². The van der Waals surface area contributed by atoms with Gasteiger partial charge in [-0.1, -0.05) is 5.16 Å². The van der Waals surface area contributed by atoms with E-state index in [2.05, 4.69) is 26.1 Å². The number of nitrogens with two attached hydrogens (primary N) is 1. The molecular formula is C12H9BrN4O. The molecule has 0 unspecified atom stereocenters. The number of benzene rings is 1. The second-order valence-electron chi connectivity index (χ2n) is 3.75. The summed E-state index contributed by atoms with van der Waals surface area (Å²) in [5.74, 6) is 1.02. The van der Waals surface area contributed by atoms with Crippen molar-refractivity contribution < 1.29 is 4.52 Å².